The first-order chi connectivity index (χ1) is 4.57. The van der Waals surface area contributed by atoms with Crippen molar-refractivity contribution in [2.24, 2.45) is 5.92 Å². The minimum absolute atomic E-state index is 0.579. The van der Waals surface area contributed by atoms with Gasteiger partial charge >= 0.3 is 0 Å². The van der Waals surface area contributed by atoms with Crippen molar-refractivity contribution in [3.63, 3.8) is 0 Å². The molecule has 0 amide bonds. The molecule has 0 saturated heterocycles. The van der Waals surface area contributed by atoms with Crippen LogP contribution in [0.1, 0.15) is 34.1 Å². The number of carbonyl (C=O) groups is 1. The summed E-state index contributed by atoms with van der Waals surface area (Å²) in [7, 11) is 0. The number of carbonyl (C=O) groups excluding carboxylic acids is 1. The van der Waals surface area contributed by atoms with Gasteiger partial charge in [0.05, 0.1) is 0 Å². The Kier molecular flexibility index (Phi) is 4.01. The molecule has 58 valence electrons. The third-order valence-electron chi connectivity index (χ3n) is 1.41. The van der Waals surface area contributed by atoms with E-state index in [2.05, 4.69) is 13.8 Å². The van der Waals surface area contributed by atoms with Gasteiger partial charge in [-0.1, -0.05) is 19.4 Å². The Labute approximate surface area is 63.1 Å². The summed E-state index contributed by atoms with van der Waals surface area (Å²) < 4.78 is 0. The second kappa shape index (κ2) is 4.26. The van der Waals surface area contributed by atoms with E-state index in [1.165, 1.54) is 0 Å². The van der Waals surface area contributed by atoms with Crippen molar-refractivity contribution < 1.29 is 4.79 Å². The third-order valence-corrected chi connectivity index (χ3v) is 1.41. The molecule has 0 bridgehead atoms. The fraction of sp³-hybridized carbons (Fsp3) is 0.667. The molecule has 0 atom stereocenters. The summed E-state index contributed by atoms with van der Waals surface area (Å²) in [5, 5.41) is 0. The number of hydrogen-bond donors (Lipinski definition) is 0. The molecule has 0 aliphatic carbocycles. The molecule has 0 saturated carbocycles. The highest BCUT2D eigenvalue weighted by atomic mass is 16.1. The lowest BCUT2D eigenvalue weighted by atomic mass is 10.0. The molecule has 0 N–H and O–H groups in total. The number of allylic oxidation sites excluding steroid dienone is 2. The first-order valence-electron chi connectivity index (χ1n) is 3.69. The Morgan fingerprint density at radius 3 is 2.00 bits per heavy atom. The summed E-state index contributed by atoms with van der Waals surface area (Å²) in [5.74, 6) is 0.579. The van der Waals surface area contributed by atoms with E-state index in [0.717, 1.165) is 23.9 Å². The van der Waals surface area contributed by atoms with E-state index in [1.807, 2.05) is 13.8 Å². The van der Waals surface area contributed by atoms with E-state index in [4.69, 9.17) is 0 Å². The monoisotopic (exact) mass is 140 g/mol. The number of hydrogen-bond acceptors (Lipinski definition) is 1. The first-order valence-corrected chi connectivity index (χ1v) is 3.69. The summed E-state index contributed by atoms with van der Waals surface area (Å²) in [5.41, 5.74) is 2.10. The van der Waals surface area contributed by atoms with Gasteiger partial charge in [0.2, 0.25) is 0 Å². The van der Waals surface area contributed by atoms with Crippen molar-refractivity contribution >= 4 is 6.29 Å². The highest BCUT2D eigenvalue weighted by Gasteiger charge is 2.00. The zero-order chi connectivity index (χ0) is 8.15. The fourth-order valence-corrected chi connectivity index (χ4v) is 0.810. The van der Waals surface area contributed by atoms with Crippen LogP contribution in [-0.4, -0.2) is 6.29 Å². The summed E-state index contributed by atoms with van der Waals surface area (Å²) in [6, 6.07) is 0. The molecule has 0 aromatic carbocycles. The van der Waals surface area contributed by atoms with E-state index >= 15 is 0 Å². The van der Waals surface area contributed by atoms with Gasteiger partial charge in [0.15, 0.2) is 0 Å². The first kappa shape index (κ1) is 9.41. The smallest absolute Gasteiger partial charge is 0.145 e. The van der Waals surface area contributed by atoms with Gasteiger partial charge in [-0.3, -0.25) is 4.79 Å². The maximum Gasteiger partial charge on any atom is 0.145 e. The Bertz CT molecular complexity index is 139. The van der Waals surface area contributed by atoms with Crippen molar-refractivity contribution in [3.05, 3.63) is 11.1 Å². The molecular formula is C9H16O. The lowest BCUT2D eigenvalue weighted by molar-refractivity contribution is -0.105. The average molecular weight is 140 g/mol. The molecule has 0 unspecified atom stereocenters. The minimum Gasteiger partial charge on any atom is -0.298 e. The van der Waals surface area contributed by atoms with Crippen molar-refractivity contribution in [1.82, 2.24) is 0 Å². The molecule has 0 aliphatic rings. The SMILES string of the molecule is CC(C)=C(C=O)CC(C)C. The average Bonchev–Trinajstić information content (AvgIpc) is 1.81. The van der Waals surface area contributed by atoms with Crippen LogP contribution in [0.4, 0.5) is 0 Å². The molecule has 0 heterocycles. The zero-order valence-corrected chi connectivity index (χ0v) is 7.27. The van der Waals surface area contributed by atoms with E-state index in [0.29, 0.717) is 5.92 Å². The van der Waals surface area contributed by atoms with Gasteiger partial charge in [-0.05, 0) is 31.8 Å². The van der Waals surface area contributed by atoms with Crippen molar-refractivity contribution in [1.29, 1.82) is 0 Å². The molecule has 0 aromatic rings. The van der Waals surface area contributed by atoms with E-state index in [1.54, 1.807) is 0 Å². The molecular weight excluding hydrogens is 124 g/mol. The van der Waals surface area contributed by atoms with Crippen molar-refractivity contribution in [3.8, 4) is 0 Å². The molecule has 0 radical (unpaired) electrons. The topological polar surface area (TPSA) is 17.1 Å². The highest BCUT2D eigenvalue weighted by Crippen LogP contribution is 2.11. The largest absolute Gasteiger partial charge is 0.298 e. The molecule has 1 heteroatoms. The van der Waals surface area contributed by atoms with Crippen LogP contribution in [0.15, 0.2) is 11.1 Å². The van der Waals surface area contributed by atoms with Gasteiger partial charge in [-0.15, -0.1) is 0 Å². The number of aldehydes is 1. The molecule has 10 heavy (non-hydrogen) atoms. The second-order valence-electron chi connectivity index (χ2n) is 3.24. The van der Waals surface area contributed by atoms with E-state index in [-0.39, 0.29) is 0 Å². The zero-order valence-electron chi connectivity index (χ0n) is 7.27. The number of rotatable bonds is 3. The molecule has 0 aromatic heterocycles. The van der Waals surface area contributed by atoms with Crippen LogP contribution in [0.25, 0.3) is 0 Å². The second-order valence-corrected chi connectivity index (χ2v) is 3.24. The molecule has 1 nitrogen and oxygen atoms in total. The summed E-state index contributed by atoms with van der Waals surface area (Å²) >= 11 is 0. The van der Waals surface area contributed by atoms with Crippen LogP contribution in [0.2, 0.25) is 0 Å². The van der Waals surface area contributed by atoms with Crippen LogP contribution in [-0.2, 0) is 4.79 Å². The van der Waals surface area contributed by atoms with Gasteiger partial charge in [-0.25, -0.2) is 0 Å². The Morgan fingerprint density at radius 1 is 1.40 bits per heavy atom. The van der Waals surface area contributed by atoms with E-state index in [9.17, 15) is 4.79 Å². The van der Waals surface area contributed by atoms with Gasteiger partial charge in [-0.2, -0.15) is 0 Å². The highest BCUT2D eigenvalue weighted by molar-refractivity contribution is 5.74. The maximum atomic E-state index is 10.4. The van der Waals surface area contributed by atoms with Crippen LogP contribution >= 0.6 is 0 Å². The Hall–Kier alpha value is -0.590. The molecule has 0 aliphatic heterocycles. The fourth-order valence-electron chi connectivity index (χ4n) is 0.810. The van der Waals surface area contributed by atoms with Gasteiger partial charge in [0, 0.05) is 0 Å². The van der Waals surface area contributed by atoms with Crippen LogP contribution in [0.5, 0.6) is 0 Å². The van der Waals surface area contributed by atoms with E-state index < -0.39 is 0 Å². The van der Waals surface area contributed by atoms with Gasteiger partial charge in [0.1, 0.15) is 6.29 Å². The van der Waals surface area contributed by atoms with Gasteiger partial charge in [0.25, 0.3) is 0 Å². The summed E-state index contributed by atoms with van der Waals surface area (Å²) in [4.78, 5) is 10.4. The summed E-state index contributed by atoms with van der Waals surface area (Å²) in [6.45, 7) is 8.19. The predicted octanol–water partition coefficient (Wildman–Crippen LogP) is 2.57. The maximum absolute atomic E-state index is 10.4. The lowest BCUT2D eigenvalue weighted by Crippen LogP contribution is -1.94. The van der Waals surface area contributed by atoms with Crippen molar-refractivity contribution in [2.45, 2.75) is 34.1 Å². The molecule has 0 spiro atoms. The quantitative estimate of drug-likeness (QED) is 0.435. The van der Waals surface area contributed by atoms with Gasteiger partial charge < -0.3 is 0 Å². The van der Waals surface area contributed by atoms with Crippen LogP contribution < -0.4 is 0 Å². The summed E-state index contributed by atoms with van der Waals surface area (Å²) in [6.07, 6.45) is 1.88. The molecule has 0 fully saturated rings. The lowest BCUT2D eigenvalue weighted by Gasteiger charge is -2.04. The molecule has 0 rings (SSSR count). The normalized spacial score (nSPS) is 9.70. The predicted molar refractivity (Wildman–Crippen MR) is 43.9 cm³/mol. The standard InChI is InChI=1S/C9H16O/c1-7(2)5-9(6-10)8(3)4/h6-7H,5H2,1-4H3. The third kappa shape index (κ3) is 3.44. The van der Waals surface area contributed by atoms with Crippen LogP contribution in [0.3, 0.4) is 0 Å². The van der Waals surface area contributed by atoms with Crippen LogP contribution in [0, 0.1) is 5.92 Å². The Morgan fingerprint density at radius 2 is 1.90 bits per heavy atom. The van der Waals surface area contributed by atoms with Crippen molar-refractivity contribution in [2.75, 3.05) is 0 Å². The minimum atomic E-state index is 0.579. The Balaban J connectivity index is 4.11.